The Bertz CT molecular complexity index is 2950. The van der Waals surface area contributed by atoms with Crippen LogP contribution in [0.4, 0.5) is 0 Å². The van der Waals surface area contributed by atoms with E-state index in [0.717, 1.165) is 60.3 Å². The first-order valence-corrected chi connectivity index (χ1v) is 17.6. The fourth-order valence-electron chi connectivity index (χ4n) is 7.62. The lowest BCUT2D eigenvalue weighted by Gasteiger charge is -2.15. The highest BCUT2D eigenvalue weighted by Gasteiger charge is 2.17. The van der Waals surface area contributed by atoms with Gasteiger partial charge in [0.2, 0.25) is 0 Å². The summed E-state index contributed by atoms with van der Waals surface area (Å²) in [6.45, 7) is 0. The van der Waals surface area contributed by atoms with Gasteiger partial charge in [-0.2, -0.15) is 0 Å². The summed E-state index contributed by atoms with van der Waals surface area (Å²) in [4.78, 5) is 15.1. The smallest absolute Gasteiger partial charge is 0.161 e. The first kappa shape index (κ1) is 29.9. The molecule has 0 aliphatic carbocycles. The molecule has 0 aliphatic heterocycles. The molecule has 0 fully saturated rings. The highest BCUT2D eigenvalue weighted by atomic mass is 14.9. The van der Waals surface area contributed by atoms with Crippen molar-refractivity contribution in [3.05, 3.63) is 188 Å². The third-order valence-corrected chi connectivity index (χ3v) is 10.1. The van der Waals surface area contributed by atoms with Gasteiger partial charge in [0.15, 0.2) is 5.82 Å². The Hall–Kier alpha value is -6.97. The van der Waals surface area contributed by atoms with Gasteiger partial charge in [-0.1, -0.05) is 152 Å². The van der Waals surface area contributed by atoms with E-state index >= 15 is 0 Å². The minimum atomic E-state index is 0.716. The molecule has 10 rings (SSSR count). The third-order valence-electron chi connectivity index (χ3n) is 10.1. The summed E-state index contributed by atoms with van der Waals surface area (Å²) in [5.74, 6) is 0.716. The lowest BCUT2D eigenvalue weighted by molar-refractivity contribution is 1.23. The Labute approximate surface area is 301 Å². The minimum absolute atomic E-state index is 0.716. The summed E-state index contributed by atoms with van der Waals surface area (Å²) in [5, 5.41) is 6.82. The summed E-state index contributed by atoms with van der Waals surface area (Å²) in [6.07, 6.45) is 1.87. The van der Waals surface area contributed by atoms with E-state index in [2.05, 4.69) is 164 Å². The Balaban J connectivity index is 1.10. The molecule has 0 aliphatic rings. The minimum Gasteiger partial charge on any atom is -0.256 e. The van der Waals surface area contributed by atoms with Gasteiger partial charge >= 0.3 is 0 Å². The number of fused-ring (bicyclic) bond motifs is 5. The average Bonchev–Trinajstić information content (AvgIpc) is 3.23. The van der Waals surface area contributed by atoms with Crippen molar-refractivity contribution < 1.29 is 0 Å². The van der Waals surface area contributed by atoms with E-state index in [0.29, 0.717) is 5.82 Å². The maximum Gasteiger partial charge on any atom is 0.161 e. The van der Waals surface area contributed by atoms with E-state index in [-0.39, 0.29) is 0 Å². The second-order valence-corrected chi connectivity index (χ2v) is 13.2. The van der Waals surface area contributed by atoms with Crippen LogP contribution in [0.15, 0.2) is 188 Å². The third kappa shape index (κ3) is 5.10. The molecular weight excluding hydrogens is 631 g/mol. The van der Waals surface area contributed by atoms with Crippen molar-refractivity contribution in [1.29, 1.82) is 0 Å². The van der Waals surface area contributed by atoms with Gasteiger partial charge in [-0.15, -0.1) is 0 Å². The standard InChI is InChI=1S/C49H31N3/c1-2-12-32(13-3-1)33-23-25-34(26-24-33)48-44-21-8-9-22-46(44)51-49(52-48)43-28-27-38(39-17-4-5-18-40(39)43)35-14-10-15-36(30-35)45-31-37-16-11-29-50-47(37)42-20-7-6-19-41(42)45/h1-31H. The van der Waals surface area contributed by atoms with E-state index in [1.54, 1.807) is 0 Å². The van der Waals surface area contributed by atoms with Crippen LogP contribution in [0.3, 0.4) is 0 Å². The Kier molecular flexibility index (Phi) is 7.14. The Morgan fingerprint density at radius 2 is 0.904 bits per heavy atom. The molecule has 0 unspecified atom stereocenters. The second-order valence-electron chi connectivity index (χ2n) is 13.2. The summed E-state index contributed by atoms with van der Waals surface area (Å²) < 4.78 is 0. The second kappa shape index (κ2) is 12.4. The predicted molar refractivity (Wildman–Crippen MR) is 217 cm³/mol. The monoisotopic (exact) mass is 661 g/mol. The maximum atomic E-state index is 5.29. The lowest BCUT2D eigenvalue weighted by atomic mass is 9.91. The van der Waals surface area contributed by atoms with Crippen LogP contribution in [0.2, 0.25) is 0 Å². The predicted octanol–water partition coefficient (Wildman–Crippen LogP) is 12.8. The van der Waals surface area contributed by atoms with Crippen molar-refractivity contribution in [2.45, 2.75) is 0 Å². The molecule has 0 radical (unpaired) electrons. The maximum absolute atomic E-state index is 5.29. The molecule has 0 N–H and O–H groups in total. The Morgan fingerprint density at radius 1 is 0.327 bits per heavy atom. The molecule has 0 spiro atoms. The van der Waals surface area contributed by atoms with Crippen molar-refractivity contribution in [3.63, 3.8) is 0 Å². The highest BCUT2D eigenvalue weighted by molar-refractivity contribution is 6.12. The van der Waals surface area contributed by atoms with E-state index in [4.69, 9.17) is 15.0 Å². The molecule has 2 heterocycles. The number of benzene rings is 8. The van der Waals surface area contributed by atoms with Crippen molar-refractivity contribution >= 4 is 43.4 Å². The SMILES string of the molecule is c1ccc(-c2ccc(-c3nc(-c4ccc(-c5cccc(-c6cc7cccnc7c7ccccc67)c5)c5ccccc45)nc4ccccc34)cc2)cc1. The highest BCUT2D eigenvalue weighted by Crippen LogP contribution is 2.40. The van der Waals surface area contributed by atoms with Crippen molar-refractivity contribution in [2.24, 2.45) is 0 Å². The van der Waals surface area contributed by atoms with Crippen LogP contribution in [-0.2, 0) is 0 Å². The van der Waals surface area contributed by atoms with E-state index < -0.39 is 0 Å². The zero-order valence-corrected chi connectivity index (χ0v) is 28.2. The van der Waals surface area contributed by atoms with Gasteiger partial charge in [-0.05, 0) is 79.9 Å². The molecule has 0 amide bonds. The van der Waals surface area contributed by atoms with Gasteiger partial charge in [0.05, 0.1) is 16.7 Å². The van der Waals surface area contributed by atoms with Crippen LogP contribution in [0.1, 0.15) is 0 Å². The number of hydrogen-bond acceptors (Lipinski definition) is 3. The van der Waals surface area contributed by atoms with Crippen LogP contribution in [0.5, 0.6) is 0 Å². The lowest BCUT2D eigenvalue weighted by Crippen LogP contribution is -1.96. The normalized spacial score (nSPS) is 11.5. The van der Waals surface area contributed by atoms with Crippen LogP contribution < -0.4 is 0 Å². The molecule has 0 saturated carbocycles. The number of para-hydroxylation sites is 1. The number of rotatable bonds is 5. The Morgan fingerprint density at radius 3 is 1.69 bits per heavy atom. The van der Waals surface area contributed by atoms with Crippen LogP contribution in [0, 0.1) is 0 Å². The first-order valence-electron chi connectivity index (χ1n) is 17.6. The molecule has 8 aromatic carbocycles. The molecule has 52 heavy (non-hydrogen) atoms. The van der Waals surface area contributed by atoms with E-state index in [9.17, 15) is 0 Å². The molecule has 2 aromatic heterocycles. The average molecular weight is 662 g/mol. The largest absolute Gasteiger partial charge is 0.256 e. The first-order chi connectivity index (χ1) is 25.8. The van der Waals surface area contributed by atoms with Crippen molar-refractivity contribution in [1.82, 2.24) is 15.0 Å². The van der Waals surface area contributed by atoms with E-state index in [1.165, 1.54) is 33.2 Å². The molecule has 0 bridgehead atoms. The van der Waals surface area contributed by atoms with Crippen LogP contribution in [-0.4, -0.2) is 15.0 Å². The van der Waals surface area contributed by atoms with Crippen LogP contribution >= 0.6 is 0 Å². The van der Waals surface area contributed by atoms with E-state index in [1.807, 2.05) is 24.4 Å². The number of hydrogen-bond donors (Lipinski definition) is 0. The zero-order valence-electron chi connectivity index (χ0n) is 28.2. The number of nitrogens with zero attached hydrogens (tertiary/aromatic N) is 3. The molecule has 10 aromatic rings. The van der Waals surface area contributed by atoms with Crippen LogP contribution in [0.25, 0.3) is 99.4 Å². The van der Waals surface area contributed by atoms with Gasteiger partial charge in [0.1, 0.15) is 0 Å². The molecule has 3 heteroatoms. The summed E-state index contributed by atoms with van der Waals surface area (Å²) in [6, 6.07) is 64.4. The molecule has 242 valence electrons. The van der Waals surface area contributed by atoms with Crippen molar-refractivity contribution in [3.8, 4) is 56.0 Å². The molecule has 0 saturated heterocycles. The summed E-state index contributed by atoms with van der Waals surface area (Å²) >= 11 is 0. The topological polar surface area (TPSA) is 38.7 Å². The van der Waals surface area contributed by atoms with Gasteiger partial charge in [0.25, 0.3) is 0 Å². The van der Waals surface area contributed by atoms with Crippen molar-refractivity contribution in [2.75, 3.05) is 0 Å². The zero-order chi connectivity index (χ0) is 34.4. The molecular formula is C49H31N3. The summed E-state index contributed by atoms with van der Waals surface area (Å²) in [5.41, 5.74) is 12.0. The fraction of sp³-hybridized carbons (Fsp3) is 0. The van der Waals surface area contributed by atoms with Gasteiger partial charge in [0, 0.05) is 33.5 Å². The fourth-order valence-corrected chi connectivity index (χ4v) is 7.62. The molecule has 3 nitrogen and oxygen atoms in total. The number of pyridine rings is 1. The number of aromatic nitrogens is 3. The summed E-state index contributed by atoms with van der Waals surface area (Å²) in [7, 11) is 0. The van der Waals surface area contributed by atoms with Gasteiger partial charge in [-0.3, -0.25) is 4.98 Å². The van der Waals surface area contributed by atoms with Gasteiger partial charge in [-0.25, -0.2) is 9.97 Å². The van der Waals surface area contributed by atoms with Gasteiger partial charge < -0.3 is 0 Å². The quantitative estimate of drug-likeness (QED) is 0.172. The molecule has 0 atom stereocenters.